The van der Waals surface area contributed by atoms with Crippen LogP contribution in [0.5, 0.6) is 0 Å². The van der Waals surface area contributed by atoms with Gasteiger partial charge in [-0.3, -0.25) is 11.3 Å². The zero-order valence-electron chi connectivity index (χ0n) is 11.4. The first-order valence-corrected chi connectivity index (χ1v) is 6.76. The summed E-state index contributed by atoms with van der Waals surface area (Å²) in [5.41, 5.74) is 5.65. The summed E-state index contributed by atoms with van der Waals surface area (Å²) in [5.74, 6) is 6.35. The molecule has 2 unspecified atom stereocenters. The van der Waals surface area contributed by atoms with Crippen LogP contribution in [-0.2, 0) is 6.42 Å². The number of hydrazine groups is 1. The quantitative estimate of drug-likeness (QED) is 0.559. The summed E-state index contributed by atoms with van der Waals surface area (Å²) < 4.78 is 0. The fourth-order valence-electron chi connectivity index (χ4n) is 2.07. The second-order valence-electron chi connectivity index (χ2n) is 4.96. The number of aryl methyl sites for hydroxylation is 1. The van der Waals surface area contributed by atoms with E-state index in [0.717, 1.165) is 12.8 Å². The zero-order chi connectivity index (χ0) is 12.7. The molecule has 1 rings (SSSR count). The first-order valence-electron chi connectivity index (χ1n) is 6.76. The Labute approximate surface area is 106 Å². The maximum absolute atomic E-state index is 5.65. The van der Waals surface area contributed by atoms with E-state index in [0.29, 0.717) is 5.92 Å². The van der Waals surface area contributed by atoms with Crippen LogP contribution in [0.1, 0.15) is 57.2 Å². The molecule has 1 aromatic rings. The molecule has 0 aliphatic heterocycles. The fourth-order valence-corrected chi connectivity index (χ4v) is 2.07. The molecule has 2 heteroatoms. The third kappa shape index (κ3) is 4.49. The van der Waals surface area contributed by atoms with Gasteiger partial charge >= 0.3 is 0 Å². The van der Waals surface area contributed by atoms with E-state index in [1.165, 1.54) is 24.0 Å². The van der Waals surface area contributed by atoms with E-state index in [4.69, 9.17) is 5.84 Å². The number of benzene rings is 1. The maximum Gasteiger partial charge on any atom is 0.0462 e. The van der Waals surface area contributed by atoms with E-state index < -0.39 is 0 Å². The maximum atomic E-state index is 5.65. The summed E-state index contributed by atoms with van der Waals surface area (Å²) >= 11 is 0. The molecule has 17 heavy (non-hydrogen) atoms. The lowest BCUT2D eigenvalue weighted by Gasteiger charge is -2.20. The molecule has 0 saturated heterocycles. The fraction of sp³-hybridized carbons (Fsp3) is 0.600. The molecule has 0 radical (unpaired) electrons. The lowest BCUT2D eigenvalue weighted by molar-refractivity contribution is 0.408. The first kappa shape index (κ1) is 14.2. The highest BCUT2D eigenvalue weighted by molar-refractivity contribution is 5.25. The van der Waals surface area contributed by atoms with Crippen molar-refractivity contribution in [3.05, 3.63) is 35.4 Å². The normalized spacial score (nSPS) is 14.6. The van der Waals surface area contributed by atoms with Gasteiger partial charge in [0.2, 0.25) is 0 Å². The van der Waals surface area contributed by atoms with E-state index in [-0.39, 0.29) is 6.04 Å². The van der Waals surface area contributed by atoms with Gasteiger partial charge in [-0.25, -0.2) is 0 Å². The second kappa shape index (κ2) is 7.46. The van der Waals surface area contributed by atoms with Gasteiger partial charge in [0.1, 0.15) is 0 Å². The summed E-state index contributed by atoms with van der Waals surface area (Å²) in [6.07, 6.45) is 4.66. The van der Waals surface area contributed by atoms with E-state index in [1.807, 2.05) is 0 Å². The van der Waals surface area contributed by atoms with Gasteiger partial charge in [-0.15, -0.1) is 0 Å². The van der Waals surface area contributed by atoms with Crippen molar-refractivity contribution >= 4 is 0 Å². The van der Waals surface area contributed by atoms with Crippen LogP contribution in [0.15, 0.2) is 24.3 Å². The Balaban J connectivity index is 2.68. The Bertz CT molecular complexity index is 305. The predicted molar refractivity (Wildman–Crippen MR) is 74.6 cm³/mol. The molecule has 0 aliphatic rings. The third-order valence-corrected chi connectivity index (χ3v) is 3.46. The largest absolute Gasteiger partial charge is 0.271 e. The minimum absolute atomic E-state index is 0.278. The summed E-state index contributed by atoms with van der Waals surface area (Å²) in [6, 6.07) is 9.13. The summed E-state index contributed by atoms with van der Waals surface area (Å²) in [7, 11) is 0. The number of rotatable bonds is 7. The summed E-state index contributed by atoms with van der Waals surface area (Å²) in [4.78, 5) is 0. The average Bonchev–Trinajstić information content (AvgIpc) is 2.37. The Hall–Kier alpha value is -0.860. The highest BCUT2D eigenvalue weighted by Crippen LogP contribution is 2.22. The Morgan fingerprint density at radius 1 is 1.18 bits per heavy atom. The van der Waals surface area contributed by atoms with Crippen LogP contribution in [0.4, 0.5) is 0 Å². The van der Waals surface area contributed by atoms with Crippen molar-refractivity contribution in [1.82, 2.24) is 5.43 Å². The van der Waals surface area contributed by atoms with Crippen molar-refractivity contribution in [2.45, 2.75) is 52.5 Å². The Morgan fingerprint density at radius 2 is 1.82 bits per heavy atom. The Morgan fingerprint density at radius 3 is 2.29 bits per heavy atom. The van der Waals surface area contributed by atoms with Crippen LogP contribution in [-0.4, -0.2) is 0 Å². The molecule has 2 atom stereocenters. The number of hydrogen-bond donors (Lipinski definition) is 2. The van der Waals surface area contributed by atoms with Crippen LogP contribution < -0.4 is 11.3 Å². The monoisotopic (exact) mass is 234 g/mol. The number of hydrogen-bond acceptors (Lipinski definition) is 2. The predicted octanol–water partition coefficient (Wildman–Crippen LogP) is 3.58. The standard InChI is InChI=1S/C15H26N2/c1-4-6-13-7-9-14(10-8-13)15(17-16)11-12(3)5-2/h7-10,12,15,17H,4-6,11,16H2,1-3H3. The lowest BCUT2D eigenvalue weighted by Crippen LogP contribution is -2.29. The molecule has 2 nitrogen and oxygen atoms in total. The third-order valence-electron chi connectivity index (χ3n) is 3.46. The van der Waals surface area contributed by atoms with Gasteiger partial charge in [-0.2, -0.15) is 0 Å². The zero-order valence-corrected chi connectivity index (χ0v) is 11.4. The highest BCUT2D eigenvalue weighted by atomic mass is 15.2. The van der Waals surface area contributed by atoms with Crippen LogP contribution in [0.2, 0.25) is 0 Å². The molecule has 1 aromatic carbocycles. The van der Waals surface area contributed by atoms with Gasteiger partial charge in [0.05, 0.1) is 0 Å². The van der Waals surface area contributed by atoms with E-state index >= 15 is 0 Å². The van der Waals surface area contributed by atoms with Crippen molar-refractivity contribution in [3.8, 4) is 0 Å². The minimum Gasteiger partial charge on any atom is -0.271 e. The van der Waals surface area contributed by atoms with Crippen molar-refractivity contribution < 1.29 is 0 Å². The van der Waals surface area contributed by atoms with Gasteiger partial charge in [-0.1, -0.05) is 57.9 Å². The van der Waals surface area contributed by atoms with Crippen molar-refractivity contribution in [1.29, 1.82) is 0 Å². The average molecular weight is 234 g/mol. The van der Waals surface area contributed by atoms with Gasteiger partial charge < -0.3 is 0 Å². The minimum atomic E-state index is 0.278. The van der Waals surface area contributed by atoms with Crippen molar-refractivity contribution in [3.63, 3.8) is 0 Å². The molecule has 0 fully saturated rings. The molecule has 3 N–H and O–H groups in total. The number of nitrogens with one attached hydrogen (secondary N) is 1. The molecule has 0 aliphatic carbocycles. The van der Waals surface area contributed by atoms with E-state index in [2.05, 4.69) is 50.5 Å². The number of nitrogens with two attached hydrogens (primary N) is 1. The lowest BCUT2D eigenvalue weighted by atomic mass is 9.94. The van der Waals surface area contributed by atoms with Crippen LogP contribution >= 0.6 is 0 Å². The first-order chi connectivity index (χ1) is 8.21. The van der Waals surface area contributed by atoms with Crippen LogP contribution in [0.3, 0.4) is 0 Å². The van der Waals surface area contributed by atoms with Crippen LogP contribution in [0, 0.1) is 5.92 Å². The van der Waals surface area contributed by atoms with Gasteiger partial charge in [0.25, 0.3) is 0 Å². The topological polar surface area (TPSA) is 38.0 Å². The van der Waals surface area contributed by atoms with Crippen LogP contribution in [0.25, 0.3) is 0 Å². The molecule has 0 aromatic heterocycles. The van der Waals surface area contributed by atoms with Gasteiger partial charge in [0, 0.05) is 6.04 Å². The van der Waals surface area contributed by atoms with Crippen molar-refractivity contribution in [2.24, 2.45) is 11.8 Å². The van der Waals surface area contributed by atoms with E-state index in [9.17, 15) is 0 Å². The van der Waals surface area contributed by atoms with Gasteiger partial charge in [0.15, 0.2) is 0 Å². The molecular weight excluding hydrogens is 208 g/mol. The molecule has 0 bridgehead atoms. The molecule has 0 amide bonds. The van der Waals surface area contributed by atoms with Crippen molar-refractivity contribution in [2.75, 3.05) is 0 Å². The molecule has 0 saturated carbocycles. The smallest absolute Gasteiger partial charge is 0.0462 e. The SMILES string of the molecule is CCCc1ccc(C(CC(C)CC)NN)cc1. The van der Waals surface area contributed by atoms with Gasteiger partial charge in [-0.05, 0) is 29.9 Å². The second-order valence-corrected chi connectivity index (χ2v) is 4.96. The molecule has 0 heterocycles. The van der Waals surface area contributed by atoms with E-state index in [1.54, 1.807) is 0 Å². The summed E-state index contributed by atoms with van der Waals surface area (Å²) in [5, 5.41) is 0. The molecule has 96 valence electrons. The highest BCUT2D eigenvalue weighted by Gasteiger charge is 2.12. The summed E-state index contributed by atoms with van der Waals surface area (Å²) in [6.45, 7) is 6.71. The molecular formula is C15H26N2. The Kier molecular flexibility index (Phi) is 6.23. The molecule has 0 spiro atoms.